The van der Waals surface area contributed by atoms with Gasteiger partial charge in [-0.3, -0.25) is 4.98 Å². The Morgan fingerprint density at radius 3 is 2.93 bits per heavy atom. The van der Waals surface area contributed by atoms with Gasteiger partial charge in [0.15, 0.2) is 5.76 Å². The average Bonchev–Trinajstić information content (AvgIpc) is 3.25. The molecule has 1 aliphatic rings. The number of rotatable bonds is 8. The van der Waals surface area contributed by atoms with Crippen molar-refractivity contribution in [2.24, 2.45) is 0 Å². The Kier molecular flexibility index (Phi) is 6.74. The standard InChI is InChI=1S/C23H27N3O4/c1-28-18-6-4-5-16(11-18)14-24-15-23-21(27)9-8-19(29-23)12-17-13-22(30-26-17)20-7-2-3-10-25-20/h2-7,10-11,13,19,21,23-24,27H,8-9,12,14-15H2,1H3/t19-,21-,23+/m0/s1. The molecule has 3 heterocycles. The summed E-state index contributed by atoms with van der Waals surface area (Å²) in [7, 11) is 1.66. The first kappa shape index (κ1) is 20.5. The molecule has 0 bridgehead atoms. The van der Waals surface area contributed by atoms with Crippen molar-refractivity contribution >= 4 is 0 Å². The smallest absolute Gasteiger partial charge is 0.185 e. The van der Waals surface area contributed by atoms with Gasteiger partial charge in [-0.05, 0) is 42.7 Å². The van der Waals surface area contributed by atoms with Crippen LogP contribution in [0.4, 0.5) is 0 Å². The molecule has 1 saturated heterocycles. The van der Waals surface area contributed by atoms with Crippen LogP contribution >= 0.6 is 0 Å². The van der Waals surface area contributed by atoms with Gasteiger partial charge in [0.05, 0.1) is 31.1 Å². The fourth-order valence-corrected chi connectivity index (χ4v) is 3.69. The van der Waals surface area contributed by atoms with Gasteiger partial charge in [0.25, 0.3) is 0 Å². The lowest BCUT2D eigenvalue weighted by atomic mass is 9.98. The Hall–Kier alpha value is -2.74. The Morgan fingerprint density at radius 1 is 1.17 bits per heavy atom. The highest BCUT2D eigenvalue weighted by Gasteiger charge is 2.30. The van der Waals surface area contributed by atoms with E-state index in [1.165, 1.54) is 0 Å². The van der Waals surface area contributed by atoms with Gasteiger partial charge in [-0.15, -0.1) is 0 Å². The second-order valence-corrected chi connectivity index (χ2v) is 7.53. The second kappa shape index (κ2) is 9.84. The first-order valence-corrected chi connectivity index (χ1v) is 10.3. The van der Waals surface area contributed by atoms with E-state index in [2.05, 4.69) is 15.5 Å². The molecular formula is C23H27N3O4. The molecule has 0 aliphatic carbocycles. The van der Waals surface area contributed by atoms with Gasteiger partial charge >= 0.3 is 0 Å². The van der Waals surface area contributed by atoms with E-state index in [-0.39, 0.29) is 12.2 Å². The molecule has 1 aliphatic heterocycles. The molecule has 0 unspecified atom stereocenters. The van der Waals surface area contributed by atoms with Crippen LogP contribution in [0.1, 0.15) is 24.1 Å². The highest BCUT2D eigenvalue weighted by atomic mass is 16.5. The topological polar surface area (TPSA) is 89.6 Å². The van der Waals surface area contributed by atoms with Gasteiger partial charge in [-0.25, -0.2) is 0 Å². The fourth-order valence-electron chi connectivity index (χ4n) is 3.69. The van der Waals surface area contributed by atoms with Crippen LogP contribution in [0.5, 0.6) is 5.75 Å². The zero-order valence-electron chi connectivity index (χ0n) is 17.0. The number of ether oxygens (including phenoxy) is 2. The molecular weight excluding hydrogens is 382 g/mol. The highest BCUT2D eigenvalue weighted by Crippen LogP contribution is 2.24. The Morgan fingerprint density at radius 2 is 2.10 bits per heavy atom. The predicted octanol–water partition coefficient (Wildman–Crippen LogP) is 2.99. The Balaban J connectivity index is 1.29. The third-order valence-electron chi connectivity index (χ3n) is 5.30. The van der Waals surface area contributed by atoms with E-state index in [4.69, 9.17) is 14.0 Å². The third-order valence-corrected chi connectivity index (χ3v) is 5.30. The van der Waals surface area contributed by atoms with Crippen molar-refractivity contribution in [2.45, 2.75) is 44.1 Å². The molecule has 7 nitrogen and oxygen atoms in total. The number of hydrogen-bond acceptors (Lipinski definition) is 7. The van der Waals surface area contributed by atoms with Crippen LogP contribution in [-0.2, 0) is 17.7 Å². The predicted molar refractivity (Wildman–Crippen MR) is 112 cm³/mol. The normalized spacial score (nSPS) is 21.5. The van der Waals surface area contributed by atoms with Gasteiger partial charge in [0, 0.05) is 31.8 Å². The zero-order valence-corrected chi connectivity index (χ0v) is 17.0. The minimum atomic E-state index is -0.472. The van der Waals surface area contributed by atoms with Crippen molar-refractivity contribution in [2.75, 3.05) is 13.7 Å². The van der Waals surface area contributed by atoms with Crippen molar-refractivity contribution in [1.29, 1.82) is 0 Å². The Bertz CT molecular complexity index is 931. The maximum absolute atomic E-state index is 10.4. The van der Waals surface area contributed by atoms with E-state index in [1.54, 1.807) is 13.3 Å². The monoisotopic (exact) mass is 409 g/mol. The van der Waals surface area contributed by atoms with Crippen molar-refractivity contribution in [3.63, 3.8) is 0 Å². The molecule has 0 spiro atoms. The van der Waals surface area contributed by atoms with E-state index in [0.717, 1.165) is 29.1 Å². The summed E-state index contributed by atoms with van der Waals surface area (Å²) < 4.78 is 16.9. The minimum Gasteiger partial charge on any atom is -0.497 e. The molecule has 1 aromatic carbocycles. The lowest BCUT2D eigenvalue weighted by molar-refractivity contribution is -0.115. The molecule has 0 radical (unpaired) electrons. The van der Waals surface area contributed by atoms with E-state index >= 15 is 0 Å². The summed E-state index contributed by atoms with van der Waals surface area (Å²) >= 11 is 0. The van der Waals surface area contributed by atoms with E-state index in [1.807, 2.05) is 48.5 Å². The number of nitrogens with zero attached hydrogens (tertiary/aromatic N) is 2. The van der Waals surface area contributed by atoms with Crippen molar-refractivity contribution in [3.05, 3.63) is 66.0 Å². The molecule has 3 aromatic rings. The van der Waals surface area contributed by atoms with Crippen molar-refractivity contribution in [3.8, 4) is 17.2 Å². The van der Waals surface area contributed by atoms with Crippen LogP contribution in [0.15, 0.2) is 59.3 Å². The van der Waals surface area contributed by atoms with Crippen LogP contribution in [0.3, 0.4) is 0 Å². The van der Waals surface area contributed by atoms with Gasteiger partial charge in [-0.2, -0.15) is 0 Å². The van der Waals surface area contributed by atoms with Gasteiger partial charge < -0.3 is 24.4 Å². The molecule has 2 N–H and O–H groups in total. The minimum absolute atomic E-state index is 0.00120. The number of benzene rings is 1. The number of aliphatic hydroxyl groups is 1. The zero-order chi connectivity index (χ0) is 20.8. The largest absolute Gasteiger partial charge is 0.497 e. The van der Waals surface area contributed by atoms with Gasteiger partial charge in [0.2, 0.25) is 0 Å². The summed E-state index contributed by atoms with van der Waals surface area (Å²) in [5.74, 6) is 1.49. The number of pyridine rings is 1. The summed E-state index contributed by atoms with van der Waals surface area (Å²) in [4.78, 5) is 4.29. The highest BCUT2D eigenvalue weighted by molar-refractivity contribution is 5.51. The van der Waals surface area contributed by atoms with Crippen LogP contribution in [0.2, 0.25) is 0 Å². The molecule has 0 saturated carbocycles. The summed E-state index contributed by atoms with van der Waals surface area (Å²) in [6.45, 7) is 1.26. The molecule has 1 fully saturated rings. The van der Waals surface area contributed by atoms with Gasteiger partial charge in [-0.1, -0.05) is 23.4 Å². The lowest BCUT2D eigenvalue weighted by Crippen LogP contribution is -2.45. The molecule has 158 valence electrons. The first-order valence-electron chi connectivity index (χ1n) is 10.3. The SMILES string of the molecule is COc1cccc(CNC[C@H]2O[C@H](Cc3cc(-c4ccccn4)on3)CC[C@@H]2O)c1. The number of methoxy groups -OCH3 is 1. The van der Waals surface area contributed by atoms with E-state index in [0.29, 0.717) is 31.7 Å². The number of aromatic nitrogens is 2. The Labute approximate surface area is 176 Å². The molecule has 30 heavy (non-hydrogen) atoms. The van der Waals surface area contributed by atoms with Crippen LogP contribution in [0.25, 0.3) is 11.5 Å². The molecule has 7 heteroatoms. The quantitative estimate of drug-likeness (QED) is 0.591. The van der Waals surface area contributed by atoms with Crippen LogP contribution in [-0.4, -0.2) is 47.2 Å². The maximum atomic E-state index is 10.4. The van der Waals surface area contributed by atoms with Gasteiger partial charge in [0.1, 0.15) is 11.4 Å². The molecule has 2 aromatic heterocycles. The lowest BCUT2D eigenvalue weighted by Gasteiger charge is -2.34. The first-order chi connectivity index (χ1) is 14.7. The average molecular weight is 409 g/mol. The second-order valence-electron chi connectivity index (χ2n) is 7.53. The fraction of sp³-hybridized carbons (Fsp3) is 0.391. The maximum Gasteiger partial charge on any atom is 0.185 e. The number of nitrogens with one attached hydrogen (secondary N) is 1. The number of aliphatic hydroxyl groups excluding tert-OH is 1. The third kappa shape index (κ3) is 5.24. The van der Waals surface area contributed by atoms with Crippen LogP contribution in [0, 0.1) is 0 Å². The van der Waals surface area contributed by atoms with Crippen molar-refractivity contribution in [1.82, 2.24) is 15.5 Å². The van der Waals surface area contributed by atoms with E-state index in [9.17, 15) is 5.11 Å². The molecule has 3 atom stereocenters. The summed E-state index contributed by atoms with van der Waals surface area (Å²) in [6.07, 6.45) is 3.15. The van der Waals surface area contributed by atoms with Crippen molar-refractivity contribution < 1.29 is 19.1 Å². The van der Waals surface area contributed by atoms with E-state index < -0.39 is 6.10 Å². The van der Waals surface area contributed by atoms with Crippen LogP contribution < -0.4 is 10.1 Å². The molecule has 4 rings (SSSR count). The molecule has 0 amide bonds. The summed E-state index contributed by atoms with van der Waals surface area (Å²) in [5.41, 5.74) is 2.72. The summed E-state index contributed by atoms with van der Waals surface area (Å²) in [5, 5.41) is 17.9. The number of hydrogen-bond donors (Lipinski definition) is 2. The summed E-state index contributed by atoms with van der Waals surface area (Å²) in [6, 6.07) is 15.5.